The number of halogens is 3. The third-order valence-electron chi connectivity index (χ3n) is 1.98. The highest BCUT2D eigenvalue weighted by Crippen LogP contribution is 2.28. The molecule has 0 unspecified atom stereocenters. The van der Waals surface area contributed by atoms with Crippen LogP contribution >= 0.6 is 0 Å². The van der Waals surface area contributed by atoms with Crippen LogP contribution in [0.15, 0.2) is 31.0 Å². The first-order valence-corrected chi connectivity index (χ1v) is 4.29. The summed E-state index contributed by atoms with van der Waals surface area (Å²) in [6, 6.07) is 1.51. The van der Waals surface area contributed by atoms with Gasteiger partial charge in [-0.25, -0.2) is 4.98 Å². The van der Waals surface area contributed by atoms with E-state index < -0.39 is 11.9 Å². The van der Waals surface area contributed by atoms with Gasteiger partial charge in [-0.15, -0.1) is 0 Å². The number of nitrogens with two attached hydrogens (primary N) is 1. The van der Waals surface area contributed by atoms with Crippen molar-refractivity contribution < 1.29 is 13.2 Å². The normalized spacial score (nSPS) is 11.7. The molecule has 0 aliphatic rings. The van der Waals surface area contributed by atoms with Crippen LogP contribution in [0.1, 0.15) is 5.69 Å². The first kappa shape index (κ1) is 10.5. The summed E-state index contributed by atoms with van der Waals surface area (Å²) in [5.41, 5.74) is 5.32. The van der Waals surface area contributed by atoms with Crippen LogP contribution in [-0.2, 0) is 6.18 Å². The van der Waals surface area contributed by atoms with Crippen LogP contribution in [0.5, 0.6) is 0 Å². The number of pyridine rings is 1. The van der Waals surface area contributed by atoms with Crippen molar-refractivity contribution in [3.05, 3.63) is 36.7 Å². The topological polar surface area (TPSA) is 56.7 Å². The zero-order valence-corrected chi connectivity index (χ0v) is 7.94. The molecule has 0 radical (unpaired) electrons. The Balaban J connectivity index is 2.44. The van der Waals surface area contributed by atoms with Crippen molar-refractivity contribution in [2.75, 3.05) is 5.73 Å². The van der Waals surface area contributed by atoms with Crippen LogP contribution in [-0.4, -0.2) is 14.5 Å². The van der Waals surface area contributed by atoms with Crippen molar-refractivity contribution in [2.45, 2.75) is 6.18 Å². The molecule has 2 rings (SSSR count). The average Bonchev–Trinajstić information content (AvgIpc) is 2.66. The Bertz CT molecular complexity index is 503. The Morgan fingerprint density at radius 2 is 2.06 bits per heavy atom. The van der Waals surface area contributed by atoms with E-state index in [0.29, 0.717) is 5.69 Å². The molecule has 0 bridgehead atoms. The molecular weight excluding hydrogens is 221 g/mol. The average molecular weight is 228 g/mol. The van der Waals surface area contributed by atoms with Gasteiger partial charge in [0.2, 0.25) is 0 Å². The SMILES string of the molecule is Nc1cnccc1-n1cnc(C(F)(F)F)c1. The zero-order valence-electron chi connectivity index (χ0n) is 7.94. The molecule has 0 atom stereocenters. The molecule has 0 spiro atoms. The number of rotatable bonds is 1. The minimum Gasteiger partial charge on any atom is -0.396 e. The van der Waals surface area contributed by atoms with E-state index in [1.54, 1.807) is 0 Å². The van der Waals surface area contributed by atoms with Crippen molar-refractivity contribution in [3.8, 4) is 5.69 Å². The van der Waals surface area contributed by atoms with Gasteiger partial charge in [0, 0.05) is 12.4 Å². The molecule has 2 aromatic rings. The summed E-state index contributed by atoms with van der Waals surface area (Å²) in [6.45, 7) is 0. The molecule has 0 amide bonds. The lowest BCUT2D eigenvalue weighted by Crippen LogP contribution is -2.05. The highest BCUT2D eigenvalue weighted by molar-refractivity contribution is 5.55. The Kier molecular flexibility index (Phi) is 2.30. The van der Waals surface area contributed by atoms with Gasteiger partial charge in [0.15, 0.2) is 5.69 Å². The minimum absolute atomic E-state index is 0.286. The van der Waals surface area contributed by atoms with E-state index in [4.69, 9.17) is 5.73 Å². The molecule has 4 nitrogen and oxygen atoms in total. The van der Waals surface area contributed by atoms with Gasteiger partial charge in [-0.1, -0.05) is 0 Å². The predicted octanol–water partition coefficient (Wildman–Crippen LogP) is 1.87. The maximum Gasteiger partial charge on any atom is 0.434 e. The minimum atomic E-state index is -4.45. The van der Waals surface area contributed by atoms with E-state index in [2.05, 4.69) is 9.97 Å². The fraction of sp³-hybridized carbons (Fsp3) is 0.111. The molecule has 0 saturated carbocycles. The highest BCUT2D eigenvalue weighted by atomic mass is 19.4. The van der Waals surface area contributed by atoms with Gasteiger partial charge in [0.1, 0.15) is 0 Å². The van der Waals surface area contributed by atoms with Gasteiger partial charge < -0.3 is 10.3 Å². The number of alkyl halides is 3. The number of anilines is 1. The molecule has 84 valence electrons. The zero-order chi connectivity index (χ0) is 11.8. The van der Waals surface area contributed by atoms with E-state index in [1.807, 2.05) is 0 Å². The van der Waals surface area contributed by atoms with Crippen LogP contribution in [0.25, 0.3) is 5.69 Å². The summed E-state index contributed by atoms with van der Waals surface area (Å²) >= 11 is 0. The van der Waals surface area contributed by atoms with E-state index in [-0.39, 0.29) is 5.69 Å². The second kappa shape index (κ2) is 3.51. The number of hydrogen-bond donors (Lipinski definition) is 1. The van der Waals surface area contributed by atoms with Crippen LogP contribution in [0.4, 0.5) is 18.9 Å². The first-order valence-electron chi connectivity index (χ1n) is 4.29. The molecule has 2 aromatic heterocycles. The maximum atomic E-state index is 12.3. The van der Waals surface area contributed by atoms with E-state index in [1.165, 1.54) is 23.0 Å². The maximum absolute atomic E-state index is 12.3. The van der Waals surface area contributed by atoms with Gasteiger partial charge in [0.05, 0.1) is 23.9 Å². The van der Waals surface area contributed by atoms with Crippen molar-refractivity contribution in [1.82, 2.24) is 14.5 Å². The molecule has 0 aliphatic carbocycles. The number of hydrogen-bond acceptors (Lipinski definition) is 3. The van der Waals surface area contributed by atoms with E-state index in [9.17, 15) is 13.2 Å². The Labute approximate surface area is 88.5 Å². The Morgan fingerprint density at radius 1 is 1.31 bits per heavy atom. The Hall–Kier alpha value is -2.05. The number of nitrogens with zero attached hydrogens (tertiary/aromatic N) is 3. The Morgan fingerprint density at radius 3 is 2.62 bits per heavy atom. The molecule has 0 saturated heterocycles. The quantitative estimate of drug-likeness (QED) is 0.810. The fourth-order valence-electron chi connectivity index (χ4n) is 1.24. The van der Waals surface area contributed by atoms with Crippen LogP contribution in [0.2, 0.25) is 0 Å². The molecule has 0 aliphatic heterocycles. The smallest absolute Gasteiger partial charge is 0.396 e. The number of aromatic nitrogens is 3. The van der Waals surface area contributed by atoms with Crippen molar-refractivity contribution >= 4 is 5.69 Å². The molecule has 0 fully saturated rings. The molecule has 16 heavy (non-hydrogen) atoms. The lowest BCUT2D eigenvalue weighted by molar-refractivity contribution is -0.140. The van der Waals surface area contributed by atoms with Crippen molar-refractivity contribution in [2.24, 2.45) is 0 Å². The molecule has 2 N–H and O–H groups in total. The summed E-state index contributed by atoms with van der Waals surface area (Å²) in [4.78, 5) is 7.01. The lowest BCUT2D eigenvalue weighted by Gasteiger charge is -2.04. The van der Waals surface area contributed by atoms with Crippen LogP contribution in [0, 0.1) is 0 Å². The molecule has 2 heterocycles. The number of imidazole rings is 1. The second-order valence-corrected chi connectivity index (χ2v) is 3.10. The summed E-state index contributed by atoms with van der Waals surface area (Å²) in [7, 11) is 0. The monoisotopic (exact) mass is 228 g/mol. The number of nitrogen functional groups attached to an aromatic ring is 1. The van der Waals surface area contributed by atoms with E-state index >= 15 is 0 Å². The largest absolute Gasteiger partial charge is 0.434 e. The third kappa shape index (κ3) is 1.83. The van der Waals surface area contributed by atoms with Crippen molar-refractivity contribution in [3.63, 3.8) is 0 Å². The van der Waals surface area contributed by atoms with Gasteiger partial charge in [0.25, 0.3) is 0 Å². The molecule has 7 heteroatoms. The summed E-state index contributed by atoms with van der Waals surface area (Å²) in [5, 5.41) is 0. The van der Waals surface area contributed by atoms with Crippen LogP contribution < -0.4 is 5.73 Å². The van der Waals surface area contributed by atoms with Gasteiger partial charge in [-0.2, -0.15) is 13.2 Å². The third-order valence-corrected chi connectivity index (χ3v) is 1.98. The van der Waals surface area contributed by atoms with E-state index in [0.717, 1.165) is 12.5 Å². The molecular formula is C9H7F3N4. The lowest BCUT2D eigenvalue weighted by atomic mass is 10.3. The summed E-state index contributed by atoms with van der Waals surface area (Å²) in [5.74, 6) is 0. The predicted molar refractivity (Wildman–Crippen MR) is 50.8 cm³/mol. The summed E-state index contributed by atoms with van der Waals surface area (Å²) < 4.78 is 38.1. The summed E-state index contributed by atoms with van der Waals surface area (Å²) in [6.07, 6.45) is 0.300. The van der Waals surface area contributed by atoms with Gasteiger partial charge >= 0.3 is 6.18 Å². The highest BCUT2D eigenvalue weighted by Gasteiger charge is 2.33. The first-order chi connectivity index (χ1) is 7.48. The molecule has 0 aromatic carbocycles. The van der Waals surface area contributed by atoms with Gasteiger partial charge in [-0.05, 0) is 6.07 Å². The standard InChI is InChI=1S/C9H7F3N4/c10-9(11,12)8-4-16(5-15-8)7-1-2-14-3-6(7)13/h1-5H,13H2. The van der Waals surface area contributed by atoms with Crippen molar-refractivity contribution in [1.29, 1.82) is 0 Å². The fourth-order valence-corrected chi connectivity index (χ4v) is 1.24. The van der Waals surface area contributed by atoms with Gasteiger partial charge in [-0.3, -0.25) is 4.98 Å². The van der Waals surface area contributed by atoms with Crippen LogP contribution in [0.3, 0.4) is 0 Å². The second-order valence-electron chi connectivity index (χ2n) is 3.10.